The van der Waals surface area contributed by atoms with Crippen LogP contribution in [-0.4, -0.2) is 15.8 Å². The van der Waals surface area contributed by atoms with Crippen LogP contribution >= 0.6 is 11.6 Å². The van der Waals surface area contributed by atoms with Gasteiger partial charge in [0.05, 0.1) is 12.2 Å². The van der Waals surface area contributed by atoms with Gasteiger partial charge in [0.15, 0.2) is 0 Å². The minimum atomic E-state index is 0.725. The molecule has 0 spiro atoms. The molecule has 0 unspecified atom stereocenters. The fraction of sp³-hybridized carbons (Fsp3) is 0.357. The predicted molar refractivity (Wildman–Crippen MR) is 72.6 cm³/mol. The summed E-state index contributed by atoms with van der Waals surface area (Å²) in [6, 6.07) is 10.7. The second kappa shape index (κ2) is 5.12. The van der Waals surface area contributed by atoms with Crippen molar-refractivity contribution in [1.29, 1.82) is 0 Å². The van der Waals surface area contributed by atoms with E-state index in [9.17, 15) is 0 Å². The fourth-order valence-corrected chi connectivity index (χ4v) is 2.16. The summed E-state index contributed by atoms with van der Waals surface area (Å²) in [5, 5.41) is 8.78. The number of benzene rings is 1. The Bertz CT molecular complexity index is 531. The molecule has 0 amide bonds. The molecule has 1 heterocycles. The van der Waals surface area contributed by atoms with E-state index in [1.807, 2.05) is 29.1 Å². The van der Waals surface area contributed by atoms with Gasteiger partial charge < -0.3 is 5.32 Å². The Labute approximate surface area is 112 Å². The van der Waals surface area contributed by atoms with Crippen LogP contribution < -0.4 is 5.32 Å². The standard InChI is InChI=1S/C14H16ClN3/c15-12-3-1-2-11(8-12)10-18-7-6-14(17-18)9-16-13-4-5-13/h1-3,6-8,13,16H,4-5,9-10H2. The molecule has 3 rings (SSSR count). The van der Waals surface area contributed by atoms with Crippen molar-refractivity contribution in [2.24, 2.45) is 0 Å². The van der Waals surface area contributed by atoms with E-state index < -0.39 is 0 Å². The molecule has 1 aliphatic carbocycles. The first-order valence-corrected chi connectivity index (χ1v) is 6.67. The van der Waals surface area contributed by atoms with E-state index in [-0.39, 0.29) is 0 Å². The highest BCUT2D eigenvalue weighted by Gasteiger charge is 2.20. The summed E-state index contributed by atoms with van der Waals surface area (Å²) in [5.41, 5.74) is 2.27. The summed E-state index contributed by atoms with van der Waals surface area (Å²) < 4.78 is 1.95. The molecule has 0 saturated heterocycles. The molecule has 0 bridgehead atoms. The quantitative estimate of drug-likeness (QED) is 0.897. The van der Waals surface area contributed by atoms with Crippen LogP contribution in [0.4, 0.5) is 0 Å². The first-order chi connectivity index (χ1) is 8.79. The summed E-state index contributed by atoms with van der Waals surface area (Å²) in [4.78, 5) is 0. The molecule has 1 aliphatic rings. The van der Waals surface area contributed by atoms with E-state index in [1.165, 1.54) is 18.4 Å². The third-order valence-corrected chi connectivity index (χ3v) is 3.31. The van der Waals surface area contributed by atoms with E-state index in [0.29, 0.717) is 0 Å². The Hall–Kier alpha value is -1.32. The summed E-state index contributed by atoms with van der Waals surface area (Å²) in [6.45, 7) is 1.64. The van der Waals surface area contributed by atoms with Crippen LogP contribution in [0.15, 0.2) is 36.5 Å². The molecule has 0 atom stereocenters. The molecule has 18 heavy (non-hydrogen) atoms. The lowest BCUT2D eigenvalue weighted by Gasteiger charge is -2.02. The second-order valence-electron chi connectivity index (χ2n) is 4.79. The first kappa shape index (κ1) is 11.8. The van der Waals surface area contributed by atoms with Gasteiger partial charge in [-0.3, -0.25) is 4.68 Å². The van der Waals surface area contributed by atoms with Gasteiger partial charge >= 0.3 is 0 Å². The minimum Gasteiger partial charge on any atom is -0.308 e. The molecule has 0 radical (unpaired) electrons. The SMILES string of the molecule is Clc1cccc(Cn2ccc(CNC3CC3)n2)c1. The highest BCUT2D eigenvalue weighted by molar-refractivity contribution is 6.30. The van der Waals surface area contributed by atoms with Gasteiger partial charge in [-0.25, -0.2) is 0 Å². The minimum absolute atomic E-state index is 0.725. The molecule has 1 saturated carbocycles. The molecule has 2 aromatic rings. The Morgan fingerprint density at radius 2 is 2.22 bits per heavy atom. The Morgan fingerprint density at radius 1 is 1.33 bits per heavy atom. The lowest BCUT2D eigenvalue weighted by molar-refractivity contribution is 0.631. The zero-order valence-corrected chi connectivity index (χ0v) is 10.9. The number of aromatic nitrogens is 2. The van der Waals surface area contributed by atoms with Crippen LogP contribution in [0, 0.1) is 0 Å². The van der Waals surface area contributed by atoms with Crippen molar-refractivity contribution in [2.45, 2.75) is 32.0 Å². The van der Waals surface area contributed by atoms with Gasteiger partial charge in [0.1, 0.15) is 0 Å². The van der Waals surface area contributed by atoms with Gasteiger partial charge in [-0.05, 0) is 36.6 Å². The molecule has 1 aromatic heterocycles. The number of rotatable bonds is 5. The fourth-order valence-electron chi connectivity index (χ4n) is 1.94. The van der Waals surface area contributed by atoms with Crippen molar-refractivity contribution in [3.8, 4) is 0 Å². The van der Waals surface area contributed by atoms with Gasteiger partial charge in [-0.15, -0.1) is 0 Å². The average molecular weight is 262 g/mol. The second-order valence-corrected chi connectivity index (χ2v) is 5.23. The maximum absolute atomic E-state index is 5.97. The topological polar surface area (TPSA) is 29.9 Å². The normalized spacial score (nSPS) is 14.9. The van der Waals surface area contributed by atoms with E-state index in [1.54, 1.807) is 0 Å². The molecular formula is C14H16ClN3. The van der Waals surface area contributed by atoms with Crippen molar-refractivity contribution < 1.29 is 0 Å². The molecule has 0 aliphatic heterocycles. The Balaban J connectivity index is 1.61. The lowest BCUT2D eigenvalue weighted by atomic mass is 10.2. The number of hydrogen-bond acceptors (Lipinski definition) is 2. The number of hydrogen-bond donors (Lipinski definition) is 1. The van der Waals surface area contributed by atoms with Gasteiger partial charge in [0.2, 0.25) is 0 Å². The van der Waals surface area contributed by atoms with Crippen LogP contribution in [-0.2, 0) is 13.1 Å². The van der Waals surface area contributed by atoms with E-state index in [0.717, 1.165) is 29.8 Å². The number of nitrogens with one attached hydrogen (secondary N) is 1. The monoisotopic (exact) mass is 261 g/mol. The maximum atomic E-state index is 5.97. The van der Waals surface area contributed by atoms with Crippen LogP contribution in [0.1, 0.15) is 24.1 Å². The molecule has 3 nitrogen and oxygen atoms in total. The summed E-state index contributed by atoms with van der Waals surface area (Å²) >= 11 is 5.97. The molecule has 4 heteroatoms. The lowest BCUT2D eigenvalue weighted by Crippen LogP contribution is -2.16. The van der Waals surface area contributed by atoms with Crippen molar-refractivity contribution in [3.63, 3.8) is 0 Å². The third-order valence-electron chi connectivity index (χ3n) is 3.08. The van der Waals surface area contributed by atoms with E-state index in [2.05, 4.69) is 22.5 Å². The maximum Gasteiger partial charge on any atom is 0.0762 e. The summed E-state index contributed by atoms with van der Waals surface area (Å²) in [6.07, 6.45) is 4.64. The zero-order valence-electron chi connectivity index (χ0n) is 10.1. The largest absolute Gasteiger partial charge is 0.308 e. The zero-order chi connectivity index (χ0) is 12.4. The molecule has 1 N–H and O–H groups in total. The molecule has 1 aromatic carbocycles. The van der Waals surface area contributed by atoms with Crippen molar-refractivity contribution >= 4 is 11.6 Å². The van der Waals surface area contributed by atoms with Gasteiger partial charge in [-0.2, -0.15) is 5.10 Å². The average Bonchev–Trinajstić information content (AvgIpc) is 3.08. The smallest absolute Gasteiger partial charge is 0.0762 e. The van der Waals surface area contributed by atoms with E-state index >= 15 is 0 Å². The number of halogens is 1. The highest BCUT2D eigenvalue weighted by atomic mass is 35.5. The van der Waals surface area contributed by atoms with Gasteiger partial charge in [0.25, 0.3) is 0 Å². The van der Waals surface area contributed by atoms with Crippen LogP contribution in [0.2, 0.25) is 5.02 Å². The third kappa shape index (κ3) is 3.12. The van der Waals surface area contributed by atoms with Crippen LogP contribution in [0.25, 0.3) is 0 Å². The summed E-state index contributed by atoms with van der Waals surface area (Å²) in [5.74, 6) is 0. The summed E-state index contributed by atoms with van der Waals surface area (Å²) in [7, 11) is 0. The van der Waals surface area contributed by atoms with Crippen LogP contribution in [0.5, 0.6) is 0 Å². The first-order valence-electron chi connectivity index (χ1n) is 6.30. The van der Waals surface area contributed by atoms with Crippen molar-refractivity contribution in [2.75, 3.05) is 0 Å². The molecule has 94 valence electrons. The van der Waals surface area contributed by atoms with Gasteiger partial charge in [0, 0.05) is 23.8 Å². The highest BCUT2D eigenvalue weighted by Crippen LogP contribution is 2.19. The molecular weight excluding hydrogens is 246 g/mol. The van der Waals surface area contributed by atoms with Crippen LogP contribution in [0.3, 0.4) is 0 Å². The van der Waals surface area contributed by atoms with Crippen molar-refractivity contribution in [3.05, 3.63) is 52.8 Å². The Morgan fingerprint density at radius 3 is 3.00 bits per heavy atom. The molecule has 1 fully saturated rings. The van der Waals surface area contributed by atoms with Gasteiger partial charge in [-0.1, -0.05) is 23.7 Å². The Kier molecular flexibility index (Phi) is 3.35. The van der Waals surface area contributed by atoms with Crippen molar-refractivity contribution in [1.82, 2.24) is 15.1 Å². The number of nitrogens with zero attached hydrogens (tertiary/aromatic N) is 2. The predicted octanol–water partition coefficient (Wildman–Crippen LogP) is 2.84. The van der Waals surface area contributed by atoms with E-state index in [4.69, 9.17) is 11.6 Å².